The van der Waals surface area contributed by atoms with E-state index < -0.39 is 0 Å². The molecule has 1 aromatic heterocycles. The number of hydrogen-bond acceptors (Lipinski definition) is 3. The molecule has 0 amide bonds. The highest BCUT2D eigenvalue weighted by Crippen LogP contribution is 2.27. The molecular weight excluding hydrogens is 214 g/mol. The summed E-state index contributed by atoms with van der Waals surface area (Å²) in [5.41, 5.74) is 4.57. The number of aromatic nitrogens is 1. The van der Waals surface area contributed by atoms with Gasteiger partial charge in [0.15, 0.2) is 12.0 Å². The monoisotopic (exact) mass is 225 g/mol. The van der Waals surface area contributed by atoms with Crippen molar-refractivity contribution in [2.45, 2.75) is 6.61 Å². The summed E-state index contributed by atoms with van der Waals surface area (Å²) in [5, 5.41) is 9.15. The van der Waals surface area contributed by atoms with Gasteiger partial charge < -0.3 is 9.52 Å². The van der Waals surface area contributed by atoms with E-state index in [0.717, 1.165) is 27.8 Å². The van der Waals surface area contributed by atoms with Crippen LogP contribution in [0.1, 0.15) is 5.56 Å². The second-order valence-electron chi connectivity index (χ2n) is 3.86. The van der Waals surface area contributed by atoms with Crippen LogP contribution in [0.3, 0.4) is 0 Å². The summed E-state index contributed by atoms with van der Waals surface area (Å²) >= 11 is 0. The molecule has 1 heterocycles. The molecule has 3 aromatic rings. The number of aliphatic hydroxyl groups excluding tert-OH is 1. The Morgan fingerprint density at radius 2 is 2.00 bits per heavy atom. The molecule has 3 heteroatoms. The van der Waals surface area contributed by atoms with Gasteiger partial charge in [0.1, 0.15) is 5.52 Å². The van der Waals surface area contributed by atoms with Crippen LogP contribution in [0.15, 0.2) is 53.3 Å². The van der Waals surface area contributed by atoms with Gasteiger partial charge in [-0.25, -0.2) is 4.98 Å². The second-order valence-corrected chi connectivity index (χ2v) is 3.86. The van der Waals surface area contributed by atoms with Crippen molar-refractivity contribution in [1.29, 1.82) is 0 Å². The Morgan fingerprint density at radius 1 is 1.12 bits per heavy atom. The molecule has 3 nitrogen and oxygen atoms in total. The van der Waals surface area contributed by atoms with Gasteiger partial charge in [-0.2, -0.15) is 0 Å². The number of benzene rings is 2. The van der Waals surface area contributed by atoms with Gasteiger partial charge in [0.05, 0.1) is 6.61 Å². The van der Waals surface area contributed by atoms with Crippen molar-refractivity contribution in [2.24, 2.45) is 0 Å². The molecule has 0 radical (unpaired) electrons. The highest BCUT2D eigenvalue weighted by molar-refractivity contribution is 5.90. The molecule has 0 aliphatic carbocycles. The van der Waals surface area contributed by atoms with E-state index in [-0.39, 0.29) is 6.61 Å². The number of rotatable bonds is 2. The van der Waals surface area contributed by atoms with Crippen LogP contribution in [-0.4, -0.2) is 10.1 Å². The van der Waals surface area contributed by atoms with E-state index in [9.17, 15) is 0 Å². The second kappa shape index (κ2) is 4.03. The maximum atomic E-state index is 9.15. The van der Waals surface area contributed by atoms with Crippen molar-refractivity contribution in [3.63, 3.8) is 0 Å². The molecule has 2 aromatic carbocycles. The zero-order valence-electron chi connectivity index (χ0n) is 9.13. The molecule has 0 unspecified atom stereocenters. The first-order valence-electron chi connectivity index (χ1n) is 5.41. The molecular formula is C14H11NO2. The summed E-state index contributed by atoms with van der Waals surface area (Å²) in [5.74, 6) is 0. The Labute approximate surface area is 98.3 Å². The van der Waals surface area contributed by atoms with Crippen molar-refractivity contribution in [1.82, 2.24) is 4.98 Å². The van der Waals surface area contributed by atoms with E-state index in [1.54, 1.807) is 0 Å². The molecule has 0 atom stereocenters. The standard InChI is InChI=1S/C14H11NO2/c16-8-10-3-1-4-11(7-10)12-5-2-6-13-14(12)15-9-17-13/h1-7,9,16H,8H2. The molecule has 1 N–H and O–H groups in total. The molecule has 0 saturated carbocycles. The van der Waals surface area contributed by atoms with Crippen molar-refractivity contribution < 1.29 is 9.52 Å². The molecule has 84 valence electrons. The minimum atomic E-state index is 0.0443. The average molecular weight is 225 g/mol. The molecule has 0 saturated heterocycles. The van der Waals surface area contributed by atoms with E-state index in [1.165, 1.54) is 6.39 Å². The third-order valence-electron chi connectivity index (χ3n) is 2.78. The van der Waals surface area contributed by atoms with Gasteiger partial charge in [0.25, 0.3) is 0 Å². The maximum Gasteiger partial charge on any atom is 0.182 e. The van der Waals surface area contributed by atoms with Crippen molar-refractivity contribution >= 4 is 11.1 Å². The number of oxazole rings is 1. The van der Waals surface area contributed by atoms with Crippen LogP contribution in [-0.2, 0) is 6.61 Å². The third-order valence-corrected chi connectivity index (χ3v) is 2.78. The zero-order chi connectivity index (χ0) is 11.7. The van der Waals surface area contributed by atoms with E-state index in [2.05, 4.69) is 4.98 Å². The van der Waals surface area contributed by atoms with Crippen LogP contribution < -0.4 is 0 Å². The van der Waals surface area contributed by atoms with E-state index >= 15 is 0 Å². The summed E-state index contributed by atoms with van der Waals surface area (Å²) in [6.45, 7) is 0.0443. The average Bonchev–Trinajstić information content (AvgIpc) is 2.87. The Balaban J connectivity index is 2.23. The fraction of sp³-hybridized carbons (Fsp3) is 0.0714. The fourth-order valence-electron chi connectivity index (χ4n) is 1.96. The number of hydrogen-bond donors (Lipinski definition) is 1. The first-order chi connectivity index (χ1) is 8.38. The van der Waals surface area contributed by atoms with E-state index in [1.807, 2.05) is 42.5 Å². The molecule has 0 aliphatic heterocycles. The van der Waals surface area contributed by atoms with Gasteiger partial charge in [-0.3, -0.25) is 0 Å². The third kappa shape index (κ3) is 1.70. The topological polar surface area (TPSA) is 46.3 Å². The van der Waals surface area contributed by atoms with Crippen LogP contribution in [0.2, 0.25) is 0 Å². The van der Waals surface area contributed by atoms with Gasteiger partial charge in [-0.1, -0.05) is 30.3 Å². The quantitative estimate of drug-likeness (QED) is 0.729. The van der Waals surface area contributed by atoms with Crippen molar-refractivity contribution in [2.75, 3.05) is 0 Å². The lowest BCUT2D eigenvalue weighted by Gasteiger charge is -2.04. The predicted octanol–water partition coefficient (Wildman–Crippen LogP) is 2.99. The Bertz CT molecular complexity index is 658. The highest BCUT2D eigenvalue weighted by Gasteiger charge is 2.07. The summed E-state index contributed by atoms with van der Waals surface area (Å²) < 4.78 is 5.28. The van der Waals surface area contributed by atoms with Crippen molar-refractivity contribution in [3.8, 4) is 11.1 Å². The number of fused-ring (bicyclic) bond motifs is 1. The van der Waals surface area contributed by atoms with Crippen LogP contribution in [0.4, 0.5) is 0 Å². The Morgan fingerprint density at radius 3 is 2.88 bits per heavy atom. The zero-order valence-corrected chi connectivity index (χ0v) is 9.13. The summed E-state index contributed by atoms with van der Waals surface area (Å²) in [4.78, 5) is 4.22. The summed E-state index contributed by atoms with van der Waals surface area (Å²) in [6, 6.07) is 13.6. The summed E-state index contributed by atoms with van der Waals surface area (Å²) in [6.07, 6.45) is 1.45. The van der Waals surface area contributed by atoms with Crippen LogP contribution in [0.25, 0.3) is 22.2 Å². The van der Waals surface area contributed by atoms with Gasteiger partial charge in [-0.15, -0.1) is 0 Å². The normalized spacial score (nSPS) is 10.9. The van der Waals surface area contributed by atoms with Crippen LogP contribution >= 0.6 is 0 Å². The van der Waals surface area contributed by atoms with Crippen LogP contribution in [0, 0.1) is 0 Å². The lowest BCUT2D eigenvalue weighted by atomic mass is 10.0. The minimum absolute atomic E-state index is 0.0443. The van der Waals surface area contributed by atoms with Gasteiger partial charge >= 0.3 is 0 Å². The summed E-state index contributed by atoms with van der Waals surface area (Å²) in [7, 11) is 0. The first kappa shape index (κ1) is 10.1. The molecule has 0 aliphatic rings. The molecule has 17 heavy (non-hydrogen) atoms. The lowest BCUT2D eigenvalue weighted by molar-refractivity contribution is 0.282. The van der Waals surface area contributed by atoms with E-state index in [0.29, 0.717) is 0 Å². The Kier molecular flexibility index (Phi) is 2.38. The molecule has 0 bridgehead atoms. The SMILES string of the molecule is OCc1cccc(-c2cccc3ocnc23)c1. The van der Waals surface area contributed by atoms with Crippen molar-refractivity contribution in [3.05, 3.63) is 54.4 Å². The first-order valence-corrected chi connectivity index (χ1v) is 5.41. The number of aliphatic hydroxyl groups is 1. The van der Waals surface area contributed by atoms with Crippen LogP contribution in [0.5, 0.6) is 0 Å². The number of para-hydroxylation sites is 1. The van der Waals surface area contributed by atoms with E-state index in [4.69, 9.17) is 9.52 Å². The molecule has 0 fully saturated rings. The fourth-order valence-corrected chi connectivity index (χ4v) is 1.96. The minimum Gasteiger partial charge on any atom is -0.443 e. The van der Waals surface area contributed by atoms with Gasteiger partial charge in [0.2, 0.25) is 0 Å². The molecule has 3 rings (SSSR count). The highest BCUT2D eigenvalue weighted by atomic mass is 16.3. The van der Waals surface area contributed by atoms with Gasteiger partial charge in [0, 0.05) is 5.56 Å². The Hall–Kier alpha value is -2.13. The lowest BCUT2D eigenvalue weighted by Crippen LogP contribution is -1.85. The maximum absolute atomic E-state index is 9.15. The largest absolute Gasteiger partial charge is 0.443 e. The number of nitrogens with zero attached hydrogens (tertiary/aromatic N) is 1. The van der Waals surface area contributed by atoms with Gasteiger partial charge in [-0.05, 0) is 23.3 Å². The predicted molar refractivity (Wildman–Crippen MR) is 65.4 cm³/mol. The smallest absolute Gasteiger partial charge is 0.182 e. The molecule has 0 spiro atoms.